The van der Waals surface area contributed by atoms with Crippen LogP contribution in [0.2, 0.25) is 10.0 Å². The molecule has 0 bridgehead atoms. The summed E-state index contributed by atoms with van der Waals surface area (Å²) in [7, 11) is 0. The number of ketones is 2. The van der Waals surface area contributed by atoms with Gasteiger partial charge in [0.2, 0.25) is 5.91 Å². The number of halogens is 4. The molecule has 2 amide bonds. The van der Waals surface area contributed by atoms with Gasteiger partial charge in [0.1, 0.15) is 17.7 Å². The van der Waals surface area contributed by atoms with Crippen LogP contribution < -0.4 is 10.6 Å². The minimum absolute atomic E-state index is 0.141. The molecule has 8 nitrogen and oxygen atoms in total. The van der Waals surface area contributed by atoms with Crippen molar-refractivity contribution in [3.8, 4) is 0 Å². The molecule has 260 valence electrons. The Bertz CT molecular complexity index is 1940. The van der Waals surface area contributed by atoms with Crippen molar-refractivity contribution in [2.24, 2.45) is 4.99 Å². The van der Waals surface area contributed by atoms with E-state index in [0.29, 0.717) is 37.8 Å². The van der Waals surface area contributed by atoms with E-state index in [4.69, 9.17) is 27.9 Å². The maximum atomic E-state index is 12.9. The SMILES string of the molecule is C[C@@H](NC(=O)OC(C)(C)C)C(=O)Nc1ccc(Br)cc1C(=O)c1ccc(Cl)cc1.C[C@@H]1N=C(c2ccc(Cl)cc2)c2cc(Br)ccc2CC1=O. The number of fused-ring (bicyclic) bond motifs is 1. The van der Waals surface area contributed by atoms with E-state index < -0.39 is 23.6 Å². The lowest BCUT2D eigenvalue weighted by molar-refractivity contribution is -0.119. The zero-order chi connectivity index (χ0) is 36.7. The molecule has 4 aromatic rings. The normalized spacial score (nSPS) is 14.5. The van der Waals surface area contributed by atoms with Crippen molar-refractivity contribution in [1.29, 1.82) is 0 Å². The molecule has 0 aromatic heterocycles. The highest BCUT2D eigenvalue weighted by Crippen LogP contribution is 2.27. The van der Waals surface area contributed by atoms with Gasteiger partial charge in [-0.2, -0.15) is 0 Å². The molecule has 4 aromatic carbocycles. The van der Waals surface area contributed by atoms with Crippen LogP contribution in [0.25, 0.3) is 0 Å². The predicted octanol–water partition coefficient (Wildman–Crippen LogP) is 9.64. The number of rotatable bonds is 6. The lowest BCUT2D eigenvalue weighted by atomic mass is 9.96. The molecule has 2 atom stereocenters. The van der Waals surface area contributed by atoms with Gasteiger partial charge < -0.3 is 15.4 Å². The molecule has 50 heavy (non-hydrogen) atoms. The van der Waals surface area contributed by atoms with Crippen LogP contribution in [0, 0.1) is 0 Å². The van der Waals surface area contributed by atoms with Gasteiger partial charge in [-0.15, -0.1) is 0 Å². The first kappa shape index (κ1) is 39.0. The molecule has 0 unspecified atom stereocenters. The van der Waals surface area contributed by atoms with Crippen LogP contribution in [-0.2, 0) is 20.7 Å². The number of nitrogens with zero attached hydrogens (tertiary/aromatic N) is 1. The van der Waals surface area contributed by atoms with Gasteiger partial charge in [0.25, 0.3) is 0 Å². The number of ether oxygens (including phenoxy) is 1. The topological polar surface area (TPSA) is 114 Å². The van der Waals surface area contributed by atoms with Crippen molar-refractivity contribution in [3.63, 3.8) is 0 Å². The molecule has 0 aliphatic carbocycles. The number of anilines is 1. The molecule has 2 N–H and O–H groups in total. The second kappa shape index (κ2) is 16.9. The third-order valence-electron chi connectivity index (χ3n) is 7.32. The Morgan fingerprint density at radius 2 is 1.46 bits per heavy atom. The third kappa shape index (κ3) is 10.8. The molecule has 0 saturated carbocycles. The fourth-order valence-corrected chi connectivity index (χ4v) is 5.77. The summed E-state index contributed by atoms with van der Waals surface area (Å²) in [6, 6.07) is 23.8. The number of aliphatic imine (C=N–C) groups is 1. The highest BCUT2D eigenvalue weighted by atomic mass is 79.9. The van der Waals surface area contributed by atoms with Crippen LogP contribution in [0.3, 0.4) is 0 Å². The van der Waals surface area contributed by atoms with Crippen molar-refractivity contribution in [3.05, 3.63) is 132 Å². The zero-order valence-electron chi connectivity index (χ0n) is 27.9. The molecule has 0 fully saturated rings. The smallest absolute Gasteiger partial charge is 0.408 e. The maximum absolute atomic E-state index is 12.9. The zero-order valence-corrected chi connectivity index (χ0v) is 32.6. The Hall–Kier alpha value is -3.83. The van der Waals surface area contributed by atoms with E-state index in [9.17, 15) is 19.2 Å². The van der Waals surface area contributed by atoms with E-state index in [1.807, 2.05) is 49.4 Å². The van der Waals surface area contributed by atoms with E-state index in [1.54, 1.807) is 63.2 Å². The molecule has 5 rings (SSSR count). The minimum Gasteiger partial charge on any atom is -0.444 e. The summed E-state index contributed by atoms with van der Waals surface area (Å²) in [5.74, 6) is -0.614. The first-order chi connectivity index (χ1) is 23.5. The molecule has 0 spiro atoms. The van der Waals surface area contributed by atoms with Gasteiger partial charge in [-0.1, -0.05) is 73.3 Å². The summed E-state index contributed by atoms with van der Waals surface area (Å²) in [4.78, 5) is 54.1. The van der Waals surface area contributed by atoms with Crippen LogP contribution >= 0.6 is 55.1 Å². The molecule has 1 aliphatic heterocycles. The van der Waals surface area contributed by atoms with Crippen molar-refractivity contribution in [2.75, 3.05) is 5.32 Å². The molecule has 12 heteroatoms. The highest BCUT2D eigenvalue weighted by Gasteiger charge is 2.24. The van der Waals surface area contributed by atoms with Crippen molar-refractivity contribution < 1.29 is 23.9 Å². The largest absolute Gasteiger partial charge is 0.444 e. The number of hydrogen-bond donors (Lipinski definition) is 2. The number of carbonyl (C=O) groups is 4. The van der Waals surface area contributed by atoms with E-state index >= 15 is 0 Å². The lowest BCUT2D eigenvalue weighted by Gasteiger charge is -2.22. The van der Waals surface area contributed by atoms with E-state index in [0.717, 1.165) is 26.9 Å². The van der Waals surface area contributed by atoms with Gasteiger partial charge in [0.15, 0.2) is 11.6 Å². The quantitative estimate of drug-likeness (QED) is 0.188. The van der Waals surface area contributed by atoms with Crippen LogP contribution in [0.5, 0.6) is 0 Å². The van der Waals surface area contributed by atoms with E-state index in [1.165, 1.54) is 6.92 Å². The number of amides is 2. The number of hydrogen-bond acceptors (Lipinski definition) is 6. The average Bonchev–Trinajstić information content (AvgIpc) is 3.16. The number of carbonyl (C=O) groups excluding carboxylic acids is 4. The van der Waals surface area contributed by atoms with Gasteiger partial charge in [-0.25, -0.2) is 4.79 Å². The summed E-state index contributed by atoms with van der Waals surface area (Å²) in [5, 5.41) is 6.37. The molecular formula is C38H35Br2Cl2N3O5. The average molecular weight is 844 g/mol. The van der Waals surface area contributed by atoms with E-state index in [-0.39, 0.29) is 17.6 Å². The summed E-state index contributed by atoms with van der Waals surface area (Å²) in [5.41, 5.74) is 4.23. The molecule has 1 heterocycles. The number of benzene rings is 4. The van der Waals surface area contributed by atoms with Gasteiger partial charge in [0.05, 0.1) is 11.4 Å². The fourth-order valence-electron chi connectivity index (χ4n) is 4.79. The molecular weight excluding hydrogens is 809 g/mol. The van der Waals surface area contributed by atoms with Crippen LogP contribution in [-0.4, -0.2) is 47.0 Å². The van der Waals surface area contributed by atoms with Crippen molar-refractivity contribution in [2.45, 2.75) is 58.7 Å². The van der Waals surface area contributed by atoms with Gasteiger partial charge in [0, 0.05) is 47.7 Å². The standard InChI is InChI=1S/C21H22BrClN2O4.C17H13BrClNO/c1-12(24-20(28)29-21(2,3)4)19(27)25-17-10-7-14(22)11-16(17)18(26)13-5-8-15(23)9-6-13;1-10-16(21)8-12-2-5-13(18)9-15(12)17(20-10)11-3-6-14(19)7-4-11/h5-12H,1-4H3,(H,24,28)(H,25,27);2-7,9-10H,8H2,1H3/t12-;10-/m10/s1. The molecule has 0 radical (unpaired) electrons. The Morgan fingerprint density at radius 1 is 0.880 bits per heavy atom. The van der Waals surface area contributed by atoms with Gasteiger partial charge >= 0.3 is 6.09 Å². The van der Waals surface area contributed by atoms with Crippen LogP contribution in [0.15, 0.2) is 98.9 Å². The summed E-state index contributed by atoms with van der Waals surface area (Å²) in [6.45, 7) is 8.56. The monoisotopic (exact) mass is 841 g/mol. The lowest BCUT2D eigenvalue weighted by Crippen LogP contribution is -2.44. The second-order valence-electron chi connectivity index (χ2n) is 12.5. The minimum atomic E-state index is -0.869. The van der Waals surface area contributed by atoms with Gasteiger partial charge in [-0.3, -0.25) is 19.4 Å². The van der Waals surface area contributed by atoms with Crippen molar-refractivity contribution >= 4 is 90.0 Å². The number of alkyl carbamates (subject to hydrolysis) is 1. The third-order valence-corrected chi connectivity index (χ3v) is 8.81. The Morgan fingerprint density at radius 3 is 2.08 bits per heavy atom. The molecule has 1 aliphatic rings. The first-order valence-electron chi connectivity index (χ1n) is 15.6. The predicted molar refractivity (Wildman–Crippen MR) is 206 cm³/mol. The summed E-state index contributed by atoms with van der Waals surface area (Å²) >= 11 is 18.7. The Labute approximate surface area is 318 Å². The van der Waals surface area contributed by atoms with Gasteiger partial charge in [-0.05, 0) is 107 Å². The van der Waals surface area contributed by atoms with Crippen LogP contribution in [0.4, 0.5) is 10.5 Å². The second-order valence-corrected chi connectivity index (χ2v) is 15.2. The van der Waals surface area contributed by atoms with E-state index in [2.05, 4.69) is 47.5 Å². The highest BCUT2D eigenvalue weighted by molar-refractivity contribution is 9.10. The number of Topliss-reactive ketones (excluding diaryl/α,β-unsaturated/α-hetero) is 1. The Balaban J connectivity index is 0.000000235. The molecule has 0 saturated heterocycles. The van der Waals surface area contributed by atoms with Crippen LogP contribution in [0.1, 0.15) is 67.2 Å². The summed E-state index contributed by atoms with van der Waals surface area (Å²) < 4.78 is 6.82. The number of nitrogens with one attached hydrogen (secondary N) is 2. The maximum Gasteiger partial charge on any atom is 0.408 e. The summed E-state index contributed by atoms with van der Waals surface area (Å²) in [6.07, 6.45) is -0.280. The van der Waals surface area contributed by atoms with Crippen molar-refractivity contribution in [1.82, 2.24) is 5.32 Å². The Kier molecular flexibility index (Phi) is 13.2. The first-order valence-corrected chi connectivity index (χ1v) is 17.9. The fraction of sp³-hybridized carbons (Fsp3) is 0.237.